The summed E-state index contributed by atoms with van der Waals surface area (Å²) in [4.78, 5) is 12.8. The van der Waals surface area contributed by atoms with E-state index in [4.69, 9.17) is 0 Å². The summed E-state index contributed by atoms with van der Waals surface area (Å²) < 4.78 is 0. The Kier molecular flexibility index (Phi) is 2.53. The Morgan fingerprint density at radius 3 is 2.20 bits per heavy atom. The highest BCUT2D eigenvalue weighted by Crippen LogP contribution is 2.66. The fourth-order valence-electron chi connectivity index (χ4n) is 4.11. The van der Waals surface area contributed by atoms with Crippen LogP contribution in [0.25, 0.3) is 0 Å². The lowest BCUT2D eigenvalue weighted by molar-refractivity contribution is -0.138. The van der Waals surface area contributed by atoms with E-state index < -0.39 is 22.5 Å². The number of carbonyl (C=O) groups is 1. The Labute approximate surface area is 118 Å². The lowest BCUT2D eigenvalue weighted by atomic mass is 9.67. The number of aliphatic hydroxyl groups is 3. The van der Waals surface area contributed by atoms with Crippen LogP contribution in [0.15, 0.2) is 22.3 Å². The van der Waals surface area contributed by atoms with Crippen LogP contribution in [0.1, 0.15) is 40.5 Å². The van der Waals surface area contributed by atoms with Gasteiger partial charge in [0.1, 0.15) is 5.60 Å². The van der Waals surface area contributed by atoms with Crippen molar-refractivity contribution in [2.75, 3.05) is 6.61 Å². The van der Waals surface area contributed by atoms with Crippen LogP contribution in [0, 0.1) is 10.8 Å². The van der Waals surface area contributed by atoms with Crippen LogP contribution in [0.3, 0.4) is 0 Å². The van der Waals surface area contributed by atoms with Gasteiger partial charge in [0.25, 0.3) is 0 Å². The molecule has 0 aromatic carbocycles. The van der Waals surface area contributed by atoms with Crippen LogP contribution in [-0.4, -0.2) is 39.4 Å². The van der Waals surface area contributed by atoms with Gasteiger partial charge in [-0.3, -0.25) is 4.79 Å². The second kappa shape index (κ2) is 3.62. The Morgan fingerprint density at radius 2 is 1.75 bits per heavy atom. The number of hydrogen-bond donors (Lipinski definition) is 3. The summed E-state index contributed by atoms with van der Waals surface area (Å²) in [5, 5.41) is 31.0. The van der Waals surface area contributed by atoms with Crippen molar-refractivity contribution < 1.29 is 20.1 Å². The first-order valence-corrected chi connectivity index (χ1v) is 7.14. The van der Waals surface area contributed by atoms with Crippen molar-refractivity contribution in [3.8, 4) is 0 Å². The number of carbonyl (C=O) groups excluding carboxylic acids is 1. The van der Waals surface area contributed by atoms with Gasteiger partial charge in [0.2, 0.25) is 0 Å². The monoisotopic (exact) mass is 278 g/mol. The van der Waals surface area contributed by atoms with E-state index in [0.717, 1.165) is 18.4 Å². The fourth-order valence-corrected chi connectivity index (χ4v) is 4.11. The van der Waals surface area contributed by atoms with Crippen molar-refractivity contribution in [2.24, 2.45) is 10.8 Å². The topological polar surface area (TPSA) is 77.8 Å². The molecule has 20 heavy (non-hydrogen) atoms. The normalized spacial score (nSPS) is 42.5. The molecule has 1 saturated carbocycles. The molecular formula is C16H22O4. The Morgan fingerprint density at radius 1 is 1.20 bits per heavy atom. The van der Waals surface area contributed by atoms with E-state index in [0.29, 0.717) is 16.7 Å². The number of Topliss-reactive ketones (excluding diaryl/α,β-unsaturated/α-hetero) is 1. The molecule has 0 aromatic rings. The van der Waals surface area contributed by atoms with Crippen LogP contribution in [0.5, 0.6) is 0 Å². The second-order valence-electron chi connectivity index (χ2n) is 7.00. The van der Waals surface area contributed by atoms with Gasteiger partial charge in [-0.1, -0.05) is 18.1 Å². The zero-order valence-corrected chi connectivity index (χ0v) is 12.4. The highest BCUT2D eigenvalue weighted by Gasteiger charge is 2.67. The summed E-state index contributed by atoms with van der Waals surface area (Å²) in [5.74, 6) is -0.302. The van der Waals surface area contributed by atoms with E-state index >= 15 is 0 Å². The van der Waals surface area contributed by atoms with E-state index in [9.17, 15) is 20.1 Å². The van der Waals surface area contributed by atoms with Crippen LogP contribution < -0.4 is 0 Å². The molecule has 0 heterocycles. The maximum atomic E-state index is 12.8. The zero-order valence-electron chi connectivity index (χ0n) is 12.4. The SMILES string of the molecule is CC1=C2C(=C(C)[C@@](C)(CO)[C@@H]2O)C(=O)[C@](C)(O)C12CC2. The number of fused-ring (bicyclic) bond motifs is 1. The molecule has 3 N–H and O–H groups in total. The largest absolute Gasteiger partial charge is 0.395 e. The molecule has 3 atom stereocenters. The molecule has 3 aliphatic rings. The molecule has 0 bridgehead atoms. The zero-order chi connectivity index (χ0) is 15.1. The average Bonchev–Trinajstić information content (AvgIpc) is 3.18. The number of ketones is 1. The van der Waals surface area contributed by atoms with Crippen molar-refractivity contribution in [1.82, 2.24) is 0 Å². The lowest BCUT2D eigenvalue weighted by Crippen LogP contribution is -2.50. The van der Waals surface area contributed by atoms with E-state index in [1.807, 2.05) is 6.92 Å². The summed E-state index contributed by atoms with van der Waals surface area (Å²) in [7, 11) is 0. The van der Waals surface area contributed by atoms with Crippen molar-refractivity contribution >= 4 is 5.78 Å². The molecular weight excluding hydrogens is 256 g/mol. The van der Waals surface area contributed by atoms with Gasteiger partial charge in [-0.25, -0.2) is 0 Å². The van der Waals surface area contributed by atoms with E-state index in [-0.39, 0.29) is 12.4 Å². The van der Waals surface area contributed by atoms with Crippen LogP contribution >= 0.6 is 0 Å². The minimum atomic E-state index is -1.41. The predicted molar refractivity (Wildman–Crippen MR) is 73.9 cm³/mol. The molecule has 4 nitrogen and oxygen atoms in total. The van der Waals surface area contributed by atoms with Crippen molar-refractivity contribution in [3.63, 3.8) is 0 Å². The average molecular weight is 278 g/mol. The minimum absolute atomic E-state index is 0.220. The van der Waals surface area contributed by atoms with Gasteiger partial charge in [-0.05, 0) is 39.2 Å². The van der Waals surface area contributed by atoms with Crippen molar-refractivity contribution in [2.45, 2.75) is 52.2 Å². The predicted octanol–water partition coefficient (Wildman–Crippen LogP) is 1.11. The van der Waals surface area contributed by atoms with E-state index in [1.54, 1.807) is 20.8 Å². The Hall–Kier alpha value is -0.970. The molecule has 0 amide bonds. The third-order valence-corrected chi connectivity index (χ3v) is 6.18. The summed E-state index contributed by atoms with van der Waals surface area (Å²) in [6, 6.07) is 0. The molecule has 1 fully saturated rings. The number of aliphatic hydroxyl groups excluding tert-OH is 2. The summed E-state index contributed by atoms with van der Waals surface area (Å²) in [6.45, 7) is 6.81. The molecule has 1 spiro atoms. The molecule has 0 radical (unpaired) electrons. The summed E-state index contributed by atoms with van der Waals surface area (Å²) in [5.41, 5.74) is -0.0634. The number of hydrogen-bond acceptors (Lipinski definition) is 4. The standard InChI is InChI=1S/C16H22O4/c1-8-10-11(12(18)14(8,3)7-17)9(2)16(5-6-16)15(4,20)13(10)19/h12,17-18,20H,5-7H2,1-4H3/t12-,14-,15+/m1/s1. The third kappa shape index (κ3) is 1.21. The van der Waals surface area contributed by atoms with Crippen molar-refractivity contribution in [3.05, 3.63) is 22.3 Å². The quantitative estimate of drug-likeness (QED) is 0.671. The smallest absolute Gasteiger partial charge is 0.195 e. The summed E-state index contributed by atoms with van der Waals surface area (Å²) in [6.07, 6.45) is 0.673. The van der Waals surface area contributed by atoms with Crippen molar-refractivity contribution in [1.29, 1.82) is 0 Å². The highest BCUT2D eigenvalue weighted by atomic mass is 16.3. The maximum Gasteiger partial charge on any atom is 0.195 e. The molecule has 0 unspecified atom stereocenters. The minimum Gasteiger partial charge on any atom is -0.395 e. The molecule has 4 heteroatoms. The van der Waals surface area contributed by atoms with Gasteiger partial charge >= 0.3 is 0 Å². The molecule has 0 aromatic heterocycles. The van der Waals surface area contributed by atoms with Crippen LogP contribution in [0.4, 0.5) is 0 Å². The van der Waals surface area contributed by atoms with Gasteiger partial charge in [0.05, 0.1) is 12.7 Å². The van der Waals surface area contributed by atoms with Gasteiger partial charge in [-0.15, -0.1) is 0 Å². The first-order valence-electron chi connectivity index (χ1n) is 7.14. The molecule has 0 saturated heterocycles. The third-order valence-electron chi connectivity index (χ3n) is 6.18. The van der Waals surface area contributed by atoms with Gasteiger partial charge in [-0.2, -0.15) is 0 Å². The van der Waals surface area contributed by atoms with Crippen LogP contribution in [0.2, 0.25) is 0 Å². The van der Waals surface area contributed by atoms with Gasteiger partial charge in [0.15, 0.2) is 5.78 Å². The molecule has 3 aliphatic carbocycles. The van der Waals surface area contributed by atoms with E-state index in [2.05, 4.69) is 0 Å². The Balaban J connectivity index is 2.32. The van der Waals surface area contributed by atoms with Crippen LogP contribution in [-0.2, 0) is 4.79 Å². The van der Waals surface area contributed by atoms with E-state index in [1.165, 1.54) is 0 Å². The van der Waals surface area contributed by atoms with Gasteiger partial charge < -0.3 is 15.3 Å². The Bertz CT molecular complexity index is 577. The second-order valence-corrected chi connectivity index (χ2v) is 7.00. The number of rotatable bonds is 1. The first kappa shape index (κ1) is 14.0. The van der Waals surface area contributed by atoms with Gasteiger partial charge in [0, 0.05) is 16.4 Å². The molecule has 110 valence electrons. The lowest BCUT2D eigenvalue weighted by Gasteiger charge is -2.39. The summed E-state index contributed by atoms with van der Waals surface area (Å²) >= 11 is 0. The maximum absolute atomic E-state index is 12.8. The highest BCUT2D eigenvalue weighted by molar-refractivity contribution is 6.10. The molecule has 3 rings (SSSR count). The molecule has 0 aliphatic heterocycles. The first-order chi connectivity index (χ1) is 9.15. The fraction of sp³-hybridized carbons (Fsp3) is 0.688.